The molecule has 1 aliphatic rings. The second-order valence-corrected chi connectivity index (χ2v) is 11.4. The molecule has 1 atom stereocenters. The zero-order valence-corrected chi connectivity index (χ0v) is 25.1. The standard InChI is InChI=1S/C38H37N3O3/c1-28(2)41(38(43)36(29-14-6-3-7-15-29)30-16-8-4-9-17-30)27-35(42)40-25-24-39-23-13-22-34(39)37(40)31-18-12-21-33(26-31)44-32-19-10-5-11-20-32/h3-23,26,28,36-37H,24-25,27H2,1-2H3/t37-/m0/s1. The lowest BCUT2D eigenvalue weighted by atomic mass is 9.89. The molecular formula is C38H37N3O3. The zero-order valence-electron chi connectivity index (χ0n) is 25.1. The smallest absolute Gasteiger partial charge is 0.243 e. The summed E-state index contributed by atoms with van der Waals surface area (Å²) in [6.45, 7) is 5.17. The fourth-order valence-electron chi connectivity index (χ4n) is 6.06. The van der Waals surface area contributed by atoms with Gasteiger partial charge in [-0.05, 0) is 66.9 Å². The van der Waals surface area contributed by atoms with E-state index in [1.54, 1.807) is 4.90 Å². The van der Waals surface area contributed by atoms with Crippen molar-refractivity contribution in [3.8, 4) is 11.5 Å². The van der Waals surface area contributed by atoms with Crippen LogP contribution in [0.5, 0.6) is 11.5 Å². The van der Waals surface area contributed by atoms with Crippen molar-refractivity contribution in [1.82, 2.24) is 14.4 Å². The molecule has 0 saturated carbocycles. The predicted molar refractivity (Wildman–Crippen MR) is 173 cm³/mol. The summed E-state index contributed by atoms with van der Waals surface area (Å²) in [6.07, 6.45) is 2.06. The van der Waals surface area contributed by atoms with Gasteiger partial charge < -0.3 is 19.1 Å². The van der Waals surface area contributed by atoms with Crippen molar-refractivity contribution in [2.24, 2.45) is 0 Å². The molecule has 0 saturated heterocycles. The molecule has 0 radical (unpaired) electrons. The molecule has 222 valence electrons. The maximum absolute atomic E-state index is 14.4. The highest BCUT2D eigenvalue weighted by Crippen LogP contribution is 2.35. The summed E-state index contributed by atoms with van der Waals surface area (Å²) in [4.78, 5) is 32.3. The average Bonchev–Trinajstić information content (AvgIpc) is 3.54. The molecule has 4 aromatic carbocycles. The van der Waals surface area contributed by atoms with E-state index in [-0.39, 0.29) is 30.4 Å². The molecule has 6 rings (SSSR count). The first-order valence-corrected chi connectivity index (χ1v) is 15.2. The van der Waals surface area contributed by atoms with E-state index in [1.165, 1.54) is 0 Å². The second-order valence-electron chi connectivity index (χ2n) is 11.4. The lowest BCUT2D eigenvalue weighted by Crippen LogP contribution is -2.50. The fourth-order valence-corrected chi connectivity index (χ4v) is 6.06. The van der Waals surface area contributed by atoms with Gasteiger partial charge in [0.2, 0.25) is 11.8 Å². The van der Waals surface area contributed by atoms with Gasteiger partial charge in [-0.15, -0.1) is 0 Å². The third-order valence-corrected chi connectivity index (χ3v) is 8.24. The first-order chi connectivity index (χ1) is 21.5. The summed E-state index contributed by atoms with van der Waals surface area (Å²) >= 11 is 0. The van der Waals surface area contributed by atoms with E-state index < -0.39 is 5.92 Å². The van der Waals surface area contributed by atoms with Crippen LogP contribution in [0.3, 0.4) is 0 Å². The molecule has 0 bridgehead atoms. The van der Waals surface area contributed by atoms with Crippen LogP contribution < -0.4 is 4.74 Å². The van der Waals surface area contributed by atoms with Crippen molar-refractivity contribution >= 4 is 11.8 Å². The molecule has 0 unspecified atom stereocenters. The van der Waals surface area contributed by atoms with E-state index in [4.69, 9.17) is 4.74 Å². The van der Waals surface area contributed by atoms with Gasteiger partial charge in [-0.1, -0.05) is 91.0 Å². The van der Waals surface area contributed by atoms with Crippen molar-refractivity contribution in [2.45, 2.75) is 38.4 Å². The Kier molecular flexibility index (Phi) is 8.59. The van der Waals surface area contributed by atoms with Crippen LogP contribution >= 0.6 is 0 Å². The summed E-state index contributed by atoms with van der Waals surface area (Å²) < 4.78 is 8.35. The summed E-state index contributed by atoms with van der Waals surface area (Å²) in [5, 5.41) is 0. The van der Waals surface area contributed by atoms with Crippen molar-refractivity contribution < 1.29 is 14.3 Å². The van der Waals surface area contributed by atoms with Crippen molar-refractivity contribution in [3.63, 3.8) is 0 Å². The van der Waals surface area contributed by atoms with Crippen LogP contribution in [-0.4, -0.2) is 45.3 Å². The minimum atomic E-state index is -0.506. The first-order valence-electron chi connectivity index (χ1n) is 15.2. The predicted octanol–water partition coefficient (Wildman–Crippen LogP) is 7.28. The van der Waals surface area contributed by atoms with Gasteiger partial charge in [0.1, 0.15) is 18.0 Å². The quantitative estimate of drug-likeness (QED) is 0.183. The topological polar surface area (TPSA) is 54.8 Å². The molecule has 5 aromatic rings. The minimum absolute atomic E-state index is 0.00984. The molecule has 6 nitrogen and oxygen atoms in total. The number of fused-ring (bicyclic) bond motifs is 1. The van der Waals surface area contributed by atoms with Crippen molar-refractivity contribution in [1.29, 1.82) is 0 Å². The number of para-hydroxylation sites is 1. The number of hydrogen-bond donors (Lipinski definition) is 0. The lowest BCUT2D eigenvalue weighted by molar-refractivity contribution is -0.143. The Morgan fingerprint density at radius 1 is 0.750 bits per heavy atom. The molecule has 0 spiro atoms. The number of hydrogen-bond acceptors (Lipinski definition) is 3. The van der Waals surface area contributed by atoms with Gasteiger partial charge in [0.05, 0.1) is 12.0 Å². The van der Waals surface area contributed by atoms with Gasteiger partial charge >= 0.3 is 0 Å². The van der Waals surface area contributed by atoms with E-state index >= 15 is 0 Å². The van der Waals surface area contributed by atoms with E-state index in [1.807, 2.05) is 140 Å². The van der Waals surface area contributed by atoms with Crippen LogP contribution in [0.2, 0.25) is 0 Å². The SMILES string of the molecule is CC(C)N(CC(=O)N1CCn2cccc2[C@@H]1c1cccc(Oc2ccccc2)c1)C(=O)C(c1ccccc1)c1ccccc1. The zero-order chi connectivity index (χ0) is 30.5. The number of carbonyl (C=O) groups is 2. The minimum Gasteiger partial charge on any atom is -0.457 e. The van der Waals surface area contributed by atoms with Crippen LogP contribution in [0.15, 0.2) is 134 Å². The highest BCUT2D eigenvalue weighted by molar-refractivity contribution is 5.91. The van der Waals surface area contributed by atoms with E-state index in [9.17, 15) is 9.59 Å². The summed E-state index contributed by atoms with van der Waals surface area (Å²) in [6, 6.07) is 40.9. The highest BCUT2D eigenvalue weighted by atomic mass is 16.5. The number of ether oxygens (including phenoxy) is 1. The van der Waals surface area contributed by atoms with Crippen LogP contribution in [0.25, 0.3) is 0 Å². The van der Waals surface area contributed by atoms with Gasteiger partial charge in [0, 0.05) is 31.0 Å². The average molecular weight is 584 g/mol. The Hall–Kier alpha value is -5.10. The van der Waals surface area contributed by atoms with Gasteiger partial charge in [0.15, 0.2) is 0 Å². The Balaban J connectivity index is 1.30. The Morgan fingerprint density at radius 2 is 1.36 bits per heavy atom. The Labute approximate surface area is 259 Å². The highest BCUT2D eigenvalue weighted by Gasteiger charge is 2.36. The lowest BCUT2D eigenvalue weighted by Gasteiger charge is -2.39. The molecule has 0 fully saturated rings. The number of nitrogens with zero attached hydrogens (tertiary/aromatic N) is 3. The molecule has 44 heavy (non-hydrogen) atoms. The maximum Gasteiger partial charge on any atom is 0.243 e. The third kappa shape index (κ3) is 6.16. The molecule has 1 aliphatic heterocycles. The van der Waals surface area contributed by atoms with E-state index in [0.29, 0.717) is 18.8 Å². The number of benzene rings is 4. The van der Waals surface area contributed by atoms with Gasteiger partial charge in [-0.2, -0.15) is 0 Å². The number of carbonyl (C=O) groups excluding carboxylic acids is 2. The maximum atomic E-state index is 14.4. The van der Waals surface area contributed by atoms with Gasteiger partial charge in [-0.25, -0.2) is 0 Å². The normalized spacial score (nSPS) is 14.4. The summed E-state index contributed by atoms with van der Waals surface area (Å²) in [5.74, 6) is 0.785. The molecular weight excluding hydrogens is 546 g/mol. The largest absolute Gasteiger partial charge is 0.457 e. The summed E-state index contributed by atoms with van der Waals surface area (Å²) in [7, 11) is 0. The molecule has 2 heterocycles. The summed E-state index contributed by atoms with van der Waals surface area (Å²) in [5.41, 5.74) is 3.81. The molecule has 1 aromatic heterocycles. The number of amides is 2. The van der Waals surface area contributed by atoms with Crippen LogP contribution in [0, 0.1) is 0 Å². The van der Waals surface area contributed by atoms with Crippen LogP contribution in [0.4, 0.5) is 0 Å². The fraction of sp³-hybridized carbons (Fsp3) is 0.211. The molecule has 2 amide bonds. The van der Waals surface area contributed by atoms with Crippen molar-refractivity contribution in [2.75, 3.05) is 13.1 Å². The Morgan fingerprint density at radius 3 is 2.00 bits per heavy atom. The number of aromatic nitrogens is 1. The third-order valence-electron chi connectivity index (χ3n) is 8.24. The second kappa shape index (κ2) is 13.0. The first kappa shape index (κ1) is 29.0. The monoisotopic (exact) mass is 583 g/mol. The molecule has 6 heteroatoms. The van der Waals surface area contributed by atoms with Crippen molar-refractivity contribution in [3.05, 3.63) is 156 Å². The molecule has 0 aliphatic carbocycles. The molecule has 0 N–H and O–H groups in total. The van der Waals surface area contributed by atoms with E-state index in [2.05, 4.69) is 16.8 Å². The van der Waals surface area contributed by atoms with E-state index in [0.717, 1.165) is 28.1 Å². The van der Waals surface area contributed by atoms with Crippen LogP contribution in [0.1, 0.15) is 48.2 Å². The van der Waals surface area contributed by atoms with Gasteiger partial charge in [-0.3, -0.25) is 9.59 Å². The Bertz CT molecular complexity index is 1660. The van der Waals surface area contributed by atoms with Crippen LogP contribution in [-0.2, 0) is 16.1 Å². The number of rotatable bonds is 9. The van der Waals surface area contributed by atoms with Gasteiger partial charge in [0.25, 0.3) is 0 Å².